The van der Waals surface area contributed by atoms with Gasteiger partial charge in [0.1, 0.15) is 5.69 Å². The highest BCUT2D eigenvalue weighted by Crippen LogP contribution is 2.29. The number of carbonyl (C=O) groups excluding carboxylic acids is 1. The number of carbonyl (C=O) groups is 1. The Kier molecular flexibility index (Phi) is 4.01. The maximum atomic E-state index is 11.9. The first-order chi connectivity index (χ1) is 8.99. The first-order valence-corrected chi connectivity index (χ1v) is 6.56. The number of furan rings is 1. The fourth-order valence-corrected chi connectivity index (χ4v) is 2.18. The van der Waals surface area contributed by atoms with Crippen molar-refractivity contribution in [1.82, 2.24) is 0 Å². The van der Waals surface area contributed by atoms with E-state index in [2.05, 4.69) is 37.2 Å². The second-order valence-corrected chi connectivity index (χ2v) is 5.12. The van der Waals surface area contributed by atoms with Crippen LogP contribution in [0.1, 0.15) is 10.4 Å². The van der Waals surface area contributed by atoms with Crippen molar-refractivity contribution in [2.24, 2.45) is 0 Å². The number of hydrogen-bond acceptors (Lipinski definition) is 4. The Bertz CT molecular complexity index is 654. The fraction of sp³-hybridized carbons (Fsp3) is 0. The van der Waals surface area contributed by atoms with Crippen molar-refractivity contribution in [3.63, 3.8) is 0 Å². The van der Waals surface area contributed by atoms with Gasteiger partial charge in [0, 0.05) is 10.5 Å². The standard InChI is InChI=1S/C11H6Br2N2O4/c12-6-1-2-8(9(5-6)15(17)18)14-11(16)7-3-4-19-10(7)13/h1-5H,(H,14,16). The molecule has 0 fully saturated rings. The number of halogens is 2. The molecule has 2 rings (SSSR count). The molecule has 0 unspecified atom stereocenters. The van der Waals surface area contributed by atoms with Crippen molar-refractivity contribution in [2.75, 3.05) is 5.32 Å². The van der Waals surface area contributed by atoms with E-state index in [9.17, 15) is 14.9 Å². The quantitative estimate of drug-likeness (QED) is 0.635. The summed E-state index contributed by atoms with van der Waals surface area (Å²) in [5.74, 6) is -0.494. The van der Waals surface area contributed by atoms with E-state index in [0.717, 1.165) is 0 Å². The molecule has 1 aromatic heterocycles. The van der Waals surface area contributed by atoms with E-state index in [0.29, 0.717) is 4.47 Å². The molecule has 8 heteroatoms. The number of nitro benzene ring substituents is 1. The number of amides is 1. The van der Waals surface area contributed by atoms with E-state index < -0.39 is 10.8 Å². The minimum absolute atomic E-state index is 0.117. The molecule has 1 amide bonds. The van der Waals surface area contributed by atoms with Crippen LogP contribution in [0.25, 0.3) is 0 Å². The number of benzene rings is 1. The molecule has 0 radical (unpaired) electrons. The summed E-state index contributed by atoms with van der Waals surface area (Å²) in [6.07, 6.45) is 1.34. The van der Waals surface area contributed by atoms with Crippen LogP contribution in [0.3, 0.4) is 0 Å². The summed E-state index contributed by atoms with van der Waals surface area (Å²) in [5, 5.41) is 13.4. The average molecular weight is 390 g/mol. The van der Waals surface area contributed by atoms with Gasteiger partial charge in [0.2, 0.25) is 0 Å². The van der Waals surface area contributed by atoms with E-state index in [1.54, 1.807) is 6.07 Å². The summed E-state index contributed by atoms with van der Waals surface area (Å²) >= 11 is 6.21. The van der Waals surface area contributed by atoms with E-state index in [1.807, 2.05) is 0 Å². The maximum Gasteiger partial charge on any atom is 0.293 e. The number of nitrogens with zero attached hydrogens (tertiary/aromatic N) is 1. The molecule has 0 saturated carbocycles. The highest BCUT2D eigenvalue weighted by Gasteiger charge is 2.19. The summed E-state index contributed by atoms with van der Waals surface area (Å²) < 4.78 is 5.76. The molecule has 0 aliphatic carbocycles. The molecular formula is C11H6Br2N2O4. The van der Waals surface area contributed by atoms with Gasteiger partial charge < -0.3 is 9.73 Å². The third kappa shape index (κ3) is 3.02. The van der Waals surface area contributed by atoms with E-state index in [1.165, 1.54) is 24.5 Å². The molecule has 6 nitrogen and oxygen atoms in total. The SMILES string of the molecule is O=C(Nc1ccc(Br)cc1[N+](=O)[O-])c1ccoc1Br. The number of nitro groups is 1. The Morgan fingerprint density at radius 3 is 2.63 bits per heavy atom. The van der Waals surface area contributed by atoms with Gasteiger partial charge in [-0.2, -0.15) is 0 Å². The van der Waals surface area contributed by atoms with Gasteiger partial charge in [-0.25, -0.2) is 0 Å². The normalized spacial score (nSPS) is 10.2. The van der Waals surface area contributed by atoms with E-state index in [-0.39, 0.29) is 21.6 Å². The Morgan fingerprint density at radius 2 is 2.05 bits per heavy atom. The van der Waals surface area contributed by atoms with Gasteiger partial charge in [-0.1, -0.05) is 15.9 Å². The van der Waals surface area contributed by atoms with Crippen LogP contribution in [0.5, 0.6) is 0 Å². The Labute approximate surface area is 124 Å². The second kappa shape index (κ2) is 5.54. The first kappa shape index (κ1) is 13.8. The van der Waals surface area contributed by atoms with Crippen LogP contribution in [-0.4, -0.2) is 10.8 Å². The minimum atomic E-state index is -0.565. The second-order valence-electron chi connectivity index (χ2n) is 3.48. The van der Waals surface area contributed by atoms with Crippen molar-refractivity contribution < 1.29 is 14.1 Å². The molecule has 1 aromatic carbocycles. The third-order valence-electron chi connectivity index (χ3n) is 2.27. The largest absolute Gasteiger partial charge is 0.457 e. The van der Waals surface area contributed by atoms with Gasteiger partial charge in [-0.05, 0) is 34.1 Å². The minimum Gasteiger partial charge on any atom is -0.457 e. The lowest BCUT2D eigenvalue weighted by atomic mass is 10.2. The van der Waals surface area contributed by atoms with Crippen LogP contribution in [0, 0.1) is 10.1 Å². The number of rotatable bonds is 3. The van der Waals surface area contributed by atoms with Gasteiger partial charge in [-0.3, -0.25) is 14.9 Å². The lowest BCUT2D eigenvalue weighted by Gasteiger charge is -2.05. The van der Waals surface area contributed by atoms with Gasteiger partial charge in [-0.15, -0.1) is 0 Å². The number of hydrogen-bond donors (Lipinski definition) is 1. The zero-order valence-electron chi connectivity index (χ0n) is 9.22. The summed E-state index contributed by atoms with van der Waals surface area (Å²) in [6, 6.07) is 5.84. The summed E-state index contributed by atoms with van der Waals surface area (Å²) in [7, 11) is 0. The summed E-state index contributed by atoms with van der Waals surface area (Å²) in [5.41, 5.74) is 0.186. The molecule has 0 atom stereocenters. The zero-order chi connectivity index (χ0) is 14.0. The smallest absolute Gasteiger partial charge is 0.293 e. The van der Waals surface area contributed by atoms with Gasteiger partial charge in [0.15, 0.2) is 4.67 Å². The van der Waals surface area contributed by atoms with Gasteiger partial charge >= 0.3 is 0 Å². The molecule has 0 saturated heterocycles. The zero-order valence-corrected chi connectivity index (χ0v) is 12.4. The molecule has 0 bridgehead atoms. The topological polar surface area (TPSA) is 85.4 Å². The highest BCUT2D eigenvalue weighted by molar-refractivity contribution is 9.10. The Hall–Kier alpha value is -1.67. The van der Waals surface area contributed by atoms with Crippen LogP contribution in [0.4, 0.5) is 11.4 Å². The predicted molar refractivity (Wildman–Crippen MR) is 75.2 cm³/mol. The van der Waals surface area contributed by atoms with Gasteiger partial charge in [0.05, 0.1) is 16.7 Å². The molecule has 1 heterocycles. The van der Waals surface area contributed by atoms with Crippen molar-refractivity contribution in [1.29, 1.82) is 0 Å². The number of anilines is 1. The molecule has 98 valence electrons. The fourth-order valence-electron chi connectivity index (χ4n) is 1.41. The third-order valence-corrected chi connectivity index (χ3v) is 3.37. The molecule has 0 spiro atoms. The average Bonchev–Trinajstić information content (AvgIpc) is 2.77. The summed E-state index contributed by atoms with van der Waals surface area (Å²) in [4.78, 5) is 22.3. The van der Waals surface area contributed by atoms with E-state index >= 15 is 0 Å². The number of nitrogens with one attached hydrogen (secondary N) is 1. The maximum absolute atomic E-state index is 11.9. The predicted octanol–water partition coefficient (Wildman–Crippen LogP) is 3.97. The van der Waals surface area contributed by atoms with Crippen LogP contribution in [0.15, 0.2) is 44.1 Å². The lowest BCUT2D eigenvalue weighted by molar-refractivity contribution is -0.384. The highest BCUT2D eigenvalue weighted by atomic mass is 79.9. The molecular weight excluding hydrogens is 384 g/mol. The van der Waals surface area contributed by atoms with Crippen LogP contribution < -0.4 is 5.32 Å². The molecule has 2 aromatic rings. The van der Waals surface area contributed by atoms with Crippen LogP contribution in [0.2, 0.25) is 0 Å². The Morgan fingerprint density at radius 1 is 1.32 bits per heavy atom. The van der Waals surface area contributed by atoms with Crippen molar-refractivity contribution in [2.45, 2.75) is 0 Å². The molecule has 0 aliphatic rings. The van der Waals surface area contributed by atoms with Crippen LogP contribution >= 0.6 is 31.9 Å². The molecule has 19 heavy (non-hydrogen) atoms. The van der Waals surface area contributed by atoms with E-state index in [4.69, 9.17) is 4.42 Å². The van der Waals surface area contributed by atoms with Crippen LogP contribution in [-0.2, 0) is 0 Å². The van der Waals surface area contributed by atoms with Crippen molar-refractivity contribution in [3.05, 3.63) is 55.3 Å². The Balaban J connectivity index is 2.32. The first-order valence-electron chi connectivity index (χ1n) is 4.97. The lowest BCUT2D eigenvalue weighted by Crippen LogP contribution is -2.12. The summed E-state index contributed by atoms with van der Waals surface area (Å²) in [6.45, 7) is 0. The monoisotopic (exact) mass is 388 g/mol. The van der Waals surface area contributed by atoms with Crippen molar-refractivity contribution in [3.8, 4) is 0 Å². The van der Waals surface area contributed by atoms with Gasteiger partial charge in [0.25, 0.3) is 11.6 Å². The molecule has 0 aliphatic heterocycles. The van der Waals surface area contributed by atoms with Crippen molar-refractivity contribution >= 4 is 49.1 Å². The molecule has 1 N–H and O–H groups in total.